The molecule has 1 aromatic carbocycles. The van der Waals surface area contributed by atoms with E-state index in [1.165, 1.54) is 29.1 Å². The number of carbonyl (C=O) groups is 1. The van der Waals surface area contributed by atoms with Crippen molar-refractivity contribution in [3.05, 3.63) is 75.8 Å². The van der Waals surface area contributed by atoms with Crippen molar-refractivity contribution in [2.75, 3.05) is 0 Å². The molecule has 4 aromatic rings. The molecular formula is C20H16N2O4S. The third-order valence-electron chi connectivity index (χ3n) is 4.45. The molecule has 4 rings (SSSR count). The predicted molar refractivity (Wildman–Crippen MR) is 103 cm³/mol. The maximum atomic E-state index is 13.3. The lowest BCUT2D eigenvalue weighted by Crippen LogP contribution is -2.32. The van der Waals surface area contributed by atoms with E-state index >= 15 is 0 Å². The van der Waals surface area contributed by atoms with Crippen molar-refractivity contribution in [2.45, 2.75) is 19.4 Å². The van der Waals surface area contributed by atoms with E-state index in [-0.39, 0.29) is 5.56 Å². The van der Waals surface area contributed by atoms with Gasteiger partial charge >= 0.3 is 5.97 Å². The summed E-state index contributed by atoms with van der Waals surface area (Å²) in [5.41, 5.74) is 1.22. The molecule has 6 nitrogen and oxygen atoms in total. The zero-order chi connectivity index (χ0) is 19.0. The molecule has 1 N–H and O–H groups in total. The van der Waals surface area contributed by atoms with Crippen LogP contribution in [0.5, 0.6) is 0 Å². The summed E-state index contributed by atoms with van der Waals surface area (Å²) in [5, 5.41) is 11.7. The molecule has 0 bridgehead atoms. The molecule has 7 heteroatoms. The lowest BCUT2D eigenvalue weighted by molar-refractivity contribution is -0.140. The minimum absolute atomic E-state index is 0.367. The van der Waals surface area contributed by atoms with Crippen LogP contribution in [0.15, 0.2) is 63.3 Å². The maximum absolute atomic E-state index is 13.3. The summed E-state index contributed by atoms with van der Waals surface area (Å²) in [5.74, 6) is -0.0886. The summed E-state index contributed by atoms with van der Waals surface area (Å²) >= 11 is 1.35. The van der Waals surface area contributed by atoms with Crippen molar-refractivity contribution in [3.8, 4) is 11.3 Å². The van der Waals surface area contributed by atoms with E-state index in [1.54, 1.807) is 12.1 Å². The van der Waals surface area contributed by atoms with E-state index in [0.29, 0.717) is 33.8 Å². The second kappa shape index (κ2) is 6.85. The molecular weight excluding hydrogens is 364 g/mol. The molecule has 0 saturated carbocycles. The van der Waals surface area contributed by atoms with Gasteiger partial charge in [0.2, 0.25) is 0 Å². The zero-order valence-corrected chi connectivity index (χ0v) is 15.3. The van der Waals surface area contributed by atoms with Crippen LogP contribution in [0, 0.1) is 0 Å². The van der Waals surface area contributed by atoms with Gasteiger partial charge in [-0.1, -0.05) is 30.3 Å². The molecule has 0 aliphatic rings. The van der Waals surface area contributed by atoms with Gasteiger partial charge in [-0.15, -0.1) is 11.3 Å². The Labute approximate surface area is 158 Å². The van der Waals surface area contributed by atoms with Crippen molar-refractivity contribution in [1.29, 1.82) is 0 Å². The molecule has 0 spiro atoms. The van der Waals surface area contributed by atoms with E-state index in [0.717, 1.165) is 5.56 Å². The minimum Gasteiger partial charge on any atom is -0.480 e. The number of hydrogen-bond acceptors (Lipinski definition) is 5. The molecule has 0 aliphatic carbocycles. The number of carboxylic acid groups (broad SMARTS) is 1. The predicted octanol–water partition coefficient (Wildman–Crippen LogP) is 3.95. The van der Waals surface area contributed by atoms with Crippen LogP contribution in [-0.2, 0) is 11.2 Å². The fourth-order valence-electron chi connectivity index (χ4n) is 3.07. The number of nitrogens with zero attached hydrogens (tertiary/aromatic N) is 2. The molecule has 136 valence electrons. The first kappa shape index (κ1) is 17.2. The van der Waals surface area contributed by atoms with Gasteiger partial charge in [-0.3, -0.25) is 9.36 Å². The zero-order valence-electron chi connectivity index (χ0n) is 14.5. The van der Waals surface area contributed by atoms with Crippen molar-refractivity contribution in [1.82, 2.24) is 9.55 Å². The van der Waals surface area contributed by atoms with Gasteiger partial charge in [-0.2, -0.15) is 0 Å². The van der Waals surface area contributed by atoms with Gasteiger partial charge in [0, 0.05) is 17.4 Å². The highest BCUT2D eigenvalue weighted by molar-refractivity contribution is 7.17. The number of aliphatic carboxylic acids is 1. The Morgan fingerprint density at radius 3 is 2.70 bits per heavy atom. The number of aromatic nitrogens is 2. The van der Waals surface area contributed by atoms with Crippen LogP contribution in [0.2, 0.25) is 0 Å². The van der Waals surface area contributed by atoms with Gasteiger partial charge in [0.05, 0.1) is 11.6 Å². The number of fused-ring (bicyclic) bond motifs is 1. The standard InChI is InChI=1S/C20H16N2O4S/c1-12(20(24)25)22-16(10-13-6-3-2-4-7-13)21-18-17(19(22)23)14(11-27-18)15-8-5-9-26-15/h2-9,11-12H,10H2,1H3,(H,24,25). The number of thiophene rings is 1. The van der Waals surface area contributed by atoms with Crippen molar-refractivity contribution in [3.63, 3.8) is 0 Å². The average Bonchev–Trinajstić information content (AvgIpc) is 3.31. The number of furan rings is 1. The van der Waals surface area contributed by atoms with Gasteiger partial charge in [0.25, 0.3) is 5.56 Å². The molecule has 0 aliphatic heterocycles. The van der Waals surface area contributed by atoms with E-state index in [2.05, 4.69) is 4.98 Å². The van der Waals surface area contributed by atoms with Crippen LogP contribution in [0.1, 0.15) is 24.4 Å². The summed E-state index contributed by atoms with van der Waals surface area (Å²) in [6.45, 7) is 1.49. The Morgan fingerprint density at radius 2 is 2.04 bits per heavy atom. The minimum atomic E-state index is -1.08. The number of carboxylic acids is 1. The van der Waals surface area contributed by atoms with E-state index in [9.17, 15) is 14.7 Å². The molecule has 3 heterocycles. The van der Waals surface area contributed by atoms with Crippen molar-refractivity contribution < 1.29 is 14.3 Å². The smallest absolute Gasteiger partial charge is 0.326 e. The maximum Gasteiger partial charge on any atom is 0.326 e. The summed E-state index contributed by atoms with van der Waals surface area (Å²) in [6, 6.07) is 12.0. The summed E-state index contributed by atoms with van der Waals surface area (Å²) in [6.07, 6.45) is 1.91. The molecule has 3 aromatic heterocycles. The van der Waals surface area contributed by atoms with Crippen LogP contribution in [0.4, 0.5) is 0 Å². The lowest BCUT2D eigenvalue weighted by atomic mass is 10.1. The first-order chi connectivity index (χ1) is 13.1. The van der Waals surface area contributed by atoms with Gasteiger partial charge in [-0.05, 0) is 24.6 Å². The van der Waals surface area contributed by atoms with Crippen LogP contribution in [0.3, 0.4) is 0 Å². The normalized spacial score (nSPS) is 12.3. The van der Waals surface area contributed by atoms with E-state index in [1.807, 2.05) is 35.7 Å². The molecule has 0 saturated heterocycles. The SMILES string of the molecule is CC(C(=O)O)n1c(Cc2ccccc2)nc2scc(-c3ccco3)c2c1=O. The average molecular weight is 380 g/mol. The van der Waals surface area contributed by atoms with Gasteiger partial charge in [0.1, 0.15) is 22.5 Å². The molecule has 1 atom stereocenters. The topological polar surface area (TPSA) is 85.3 Å². The van der Waals surface area contributed by atoms with Crippen LogP contribution < -0.4 is 5.56 Å². The Balaban J connectivity index is 1.96. The Morgan fingerprint density at radius 1 is 1.26 bits per heavy atom. The summed E-state index contributed by atoms with van der Waals surface area (Å²) < 4.78 is 6.70. The van der Waals surface area contributed by atoms with Crippen LogP contribution >= 0.6 is 11.3 Å². The third kappa shape index (κ3) is 3.06. The first-order valence-electron chi connectivity index (χ1n) is 8.39. The van der Waals surface area contributed by atoms with Gasteiger partial charge in [-0.25, -0.2) is 9.78 Å². The first-order valence-corrected chi connectivity index (χ1v) is 9.27. The molecule has 0 radical (unpaired) electrons. The Bertz CT molecular complexity index is 1160. The Kier molecular flexibility index (Phi) is 4.37. The van der Waals surface area contributed by atoms with Crippen molar-refractivity contribution in [2.24, 2.45) is 0 Å². The Hall–Kier alpha value is -3.19. The highest BCUT2D eigenvalue weighted by Gasteiger charge is 2.24. The molecule has 0 amide bonds. The lowest BCUT2D eigenvalue weighted by Gasteiger charge is -2.16. The number of benzene rings is 1. The quantitative estimate of drug-likeness (QED) is 0.566. The summed E-state index contributed by atoms with van der Waals surface area (Å²) in [7, 11) is 0. The van der Waals surface area contributed by atoms with Gasteiger partial charge < -0.3 is 9.52 Å². The second-order valence-corrected chi connectivity index (χ2v) is 7.04. The van der Waals surface area contributed by atoms with Gasteiger partial charge in [0.15, 0.2) is 0 Å². The highest BCUT2D eigenvalue weighted by atomic mass is 32.1. The van der Waals surface area contributed by atoms with E-state index in [4.69, 9.17) is 4.42 Å². The second-order valence-electron chi connectivity index (χ2n) is 6.19. The van der Waals surface area contributed by atoms with Crippen molar-refractivity contribution >= 4 is 27.5 Å². The fourth-order valence-corrected chi connectivity index (χ4v) is 4.01. The largest absolute Gasteiger partial charge is 0.480 e. The third-order valence-corrected chi connectivity index (χ3v) is 5.32. The fraction of sp³-hybridized carbons (Fsp3) is 0.150. The summed E-state index contributed by atoms with van der Waals surface area (Å²) in [4.78, 5) is 30.1. The number of hydrogen-bond donors (Lipinski definition) is 1. The molecule has 27 heavy (non-hydrogen) atoms. The van der Waals surface area contributed by atoms with Crippen LogP contribution in [-0.4, -0.2) is 20.6 Å². The monoisotopic (exact) mass is 380 g/mol. The molecule has 0 fully saturated rings. The van der Waals surface area contributed by atoms with Crippen LogP contribution in [0.25, 0.3) is 21.5 Å². The highest BCUT2D eigenvalue weighted by Crippen LogP contribution is 2.32. The molecule has 1 unspecified atom stereocenters. The number of rotatable bonds is 5. The van der Waals surface area contributed by atoms with E-state index < -0.39 is 12.0 Å².